The number of nitrogens with two attached hydrogens (primary N) is 1. The van der Waals surface area contributed by atoms with Crippen LogP contribution in [0.15, 0.2) is 47.5 Å². The lowest BCUT2D eigenvalue weighted by Crippen LogP contribution is -2.37. The van der Waals surface area contributed by atoms with Crippen molar-refractivity contribution in [2.75, 3.05) is 13.2 Å². The van der Waals surface area contributed by atoms with Gasteiger partial charge in [-0.05, 0) is 35.7 Å². The van der Waals surface area contributed by atoms with Gasteiger partial charge in [0, 0.05) is 0 Å². The fourth-order valence-corrected chi connectivity index (χ4v) is 3.02. The van der Waals surface area contributed by atoms with Crippen molar-refractivity contribution in [1.82, 2.24) is 0 Å². The molecule has 3 N–H and O–H groups in total. The summed E-state index contributed by atoms with van der Waals surface area (Å²) in [5, 5.41) is 18.7. The molecule has 6 heteroatoms. The van der Waals surface area contributed by atoms with Gasteiger partial charge in [0.15, 0.2) is 0 Å². The van der Waals surface area contributed by atoms with Crippen LogP contribution in [0, 0.1) is 11.3 Å². The second-order valence-electron chi connectivity index (χ2n) is 6.10. The predicted molar refractivity (Wildman–Crippen MR) is 93.3 cm³/mol. The van der Waals surface area contributed by atoms with Crippen LogP contribution < -0.4 is 5.73 Å². The van der Waals surface area contributed by atoms with Crippen LogP contribution in [-0.2, 0) is 10.3 Å². The Bertz CT molecular complexity index is 914. The Morgan fingerprint density at radius 3 is 2.80 bits per heavy atom. The molecule has 1 aliphatic rings. The van der Waals surface area contributed by atoms with E-state index in [1.54, 1.807) is 12.1 Å². The van der Waals surface area contributed by atoms with Crippen LogP contribution in [-0.4, -0.2) is 30.1 Å². The molecule has 126 valence electrons. The topological polar surface area (TPSA) is 109 Å². The fraction of sp³-hybridized carbons (Fsp3) is 0.211. The van der Waals surface area contributed by atoms with Gasteiger partial charge in [0.05, 0.1) is 17.7 Å². The summed E-state index contributed by atoms with van der Waals surface area (Å²) in [6, 6.07) is 14.2. The van der Waals surface area contributed by atoms with Gasteiger partial charge in [-0.25, -0.2) is 4.79 Å². The van der Waals surface area contributed by atoms with E-state index in [0.717, 1.165) is 5.56 Å². The maximum Gasteiger partial charge on any atom is 0.337 e. The molecule has 0 amide bonds. The molecule has 0 radical (unpaired) electrons. The molecule has 1 heterocycles. The zero-order chi connectivity index (χ0) is 18.0. The highest BCUT2D eigenvalue weighted by molar-refractivity contribution is 5.98. The Kier molecular flexibility index (Phi) is 4.26. The number of nitriles is 1. The van der Waals surface area contributed by atoms with Gasteiger partial charge < -0.3 is 15.6 Å². The zero-order valence-electron chi connectivity index (χ0n) is 13.7. The molecule has 0 saturated carbocycles. The molecular weight excluding hydrogens is 318 g/mol. The van der Waals surface area contributed by atoms with Crippen LogP contribution in [0.1, 0.15) is 28.4 Å². The summed E-state index contributed by atoms with van der Waals surface area (Å²) in [4.78, 5) is 16.2. The molecule has 25 heavy (non-hydrogen) atoms. The quantitative estimate of drug-likeness (QED) is 0.896. The lowest BCUT2D eigenvalue weighted by Gasteiger charge is -2.30. The van der Waals surface area contributed by atoms with Crippen molar-refractivity contribution in [3.05, 3.63) is 59.2 Å². The molecule has 3 rings (SSSR count). The van der Waals surface area contributed by atoms with Crippen molar-refractivity contribution in [3.63, 3.8) is 0 Å². The van der Waals surface area contributed by atoms with E-state index >= 15 is 0 Å². The third-order valence-electron chi connectivity index (χ3n) is 4.22. The number of ether oxygens (including phenoxy) is 1. The van der Waals surface area contributed by atoms with Gasteiger partial charge in [-0.1, -0.05) is 30.3 Å². The highest BCUT2D eigenvalue weighted by Gasteiger charge is 2.30. The molecule has 2 aromatic rings. The Morgan fingerprint density at radius 2 is 2.12 bits per heavy atom. The first-order chi connectivity index (χ1) is 11.9. The van der Waals surface area contributed by atoms with Crippen LogP contribution in [0.25, 0.3) is 11.1 Å². The Hall–Kier alpha value is -3.17. The Labute approximate surface area is 145 Å². The predicted octanol–water partition coefficient (Wildman–Crippen LogP) is 2.53. The second-order valence-corrected chi connectivity index (χ2v) is 6.10. The third-order valence-corrected chi connectivity index (χ3v) is 4.22. The highest BCUT2D eigenvalue weighted by atomic mass is 16.5. The SMILES string of the molecule is CC1(c2cccc(-c3cccc(C#N)c3C(=O)O)c2)COCC(N)=N1. The summed E-state index contributed by atoms with van der Waals surface area (Å²) in [7, 11) is 0. The van der Waals surface area contributed by atoms with Gasteiger partial charge in [-0.3, -0.25) is 4.99 Å². The fourth-order valence-electron chi connectivity index (χ4n) is 3.02. The molecule has 1 atom stereocenters. The summed E-state index contributed by atoms with van der Waals surface area (Å²) in [6.07, 6.45) is 0. The standard InChI is InChI=1S/C19H17N3O3/c1-19(11-25-10-16(21)22-19)14-6-2-4-12(8-14)15-7-3-5-13(9-20)17(15)18(23)24/h2-8H,10-11H2,1H3,(H2,21,22)(H,23,24). The molecule has 0 bridgehead atoms. The Morgan fingerprint density at radius 1 is 1.36 bits per heavy atom. The number of hydrogen-bond acceptors (Lipinski definition) is 5. The van der Waals surface area contributed by atoms with E-state index in [9.17, 15) is 15.2 Å². The van der Waals surface area contributed by atoms with Crippen LogP contribution in [0.5, 0.6) is 0 Å². The number of carboxylic acid groups (broad SMARTS) is 1. The van der Waals surface area contributed by atoms with Crippen molar-refractivity contribution >= 4 is 11.8 Å². The van der Waals surface area contributed by atoms with E-state index < -0.39 is 11.5 Å². The monoisotopic (exact) mass is 335 g/mol. The van der Waals surface area contributed by atoms with Crippen LogP contribution >= 0.6 is 0 Å². The minimum absolute atomic E-state index is 0.00443. The van der Waals surface area contributed by atoms with Gasteiger partial charge in [0.1, 0.15) is 24.1 Å². The maximum atomic E-state index is 11.7. The first-order valence-electron chi connectivity index (χ1n) is 7.74. The summed E-state index contributed by atoms with van der Waals surface area (Å²) < 4.78 is 5.50. The number of hydrogen-bond donors (Lipinski definition) is 2. The van der Waals surface area contributed by atoms with Crippen LogP contribution in [0.3, 0.4) is 0 Å². The van der Waals surface area contributed by atoms with E-state index in [2.05, 4.69) is 4.99 Å². The van der Waals surface area contributed by atoms with Gasteiger partial charge in [-0.15, -0.1) is 0 Å². The Balaban J connectivity index is 2.15. The second kappa shape index (κ2) is 6.38. The van der Waals surface area contributed by atoms with Gasteiger partial charge in [0.25, 0.3) is 0 Å². The highest BCUT2D eigenvalue weighted by Crippen LogP contribution is 2.33. The maximum absolute atomic E-state index is 11.7. The first-order valence-corrected chi connectivity index (χ1v) is 7.74. The molecule has 2 aromatic carbocycles. The number of rotatable bonds is 3. The van der Waals surface area contributed by atoms with Crippen LogP contribution in [0.2, 0.25) is 0 Å². The van der Waals surface area contributed by atoms with Gasteiger partial charge >= 0.3 is 5.97 Å². The van der Waals surface area contributed by atoms with Gasteiger partial charge in [0.2, 0.25) is 0 Å². The van der Waals surface area contributed by atoms with E-state index in [-0.39, 0.29) is 11.1 Å². The summed E-state index contributed by atoms with van der Waals surface area (Å²) in [5.74, 6) is -0.705. The van der Waals surface area contributed by atoms with E-state index in [0.29, 0.717) is 30.2 Å². The minimum atomic E-state index is -1.13. The van der Waals surface area contributed by atoms with E-state index in [1.165, 1.54) is 6.07 Å². The number of amidine groups is 1. The lowest BCUT2D eigenvalue weighted by molar-refractivity contribution is 0.0697. The minimum Gasteiger partial charge on any atom is -0.478 e. The zero-order valence-corrected chi connectivity index (χ0v) is 13.7. The molecule has 1 unspecified atom stereocenters. The number of carbonyl (C=O) groups is 1. The van der Waals surface area contributed by atoms with E-state index in [4.69, 9.17) is 10.5 Å². The van der Waals surface area contributed by atoms with Crippen molar-refractivity contribution < 1.29 is 14.6 Å². The number of carboxylic acids is 1. The number of nitrogens with zero attached hydrogens (tertiary/aromatic N) is 2. The molecule has 1 aliphatic heterocycles. The van der Waals surface area contributed by atoms with Crippen molar-refractivity contribution in [3.8, 4) is 17.2 Å². The number of aliphatic imine (C=N–C) groups is 1. The molecule has 0 saturated heterocycles. The molecule has 0 spiro atoms. The average Bonchev–Trinajstić information content (AvgIpc) is 2.61. The van der Waals surface area contributed by atoms with Crippen molar-refractivity contribution in [1.29, 1.82) is 5.26 Å². The largest absolute Gasteiger partial charge is 0.478 e. The molecule has 0 fully saturated rings. The van der Waals surface area contributed by atoms with Crippen molar-refractivity contribution in [2.24, 2.45) is 10.7 Å². The summed E-state index contributed by atoms with van der Waals surface area (Å²) in [5.41, 5.74) is 7.36. The average molecular weight is 335 g/mol. The normalized spacial score (nSPS) is 19.8. The van der Waals surface area contributed by atoms with Gasteiger partial charge in [-0.2, -0.15) is 5.26 Å². The number of benzene rings is 2. The van der Waals surface area contributed by atoms with Crippen LogP contribution in [0.4, 0.5) is 0 Å². The first kappa shape index (κ1) is 16.7. The molecule has 0 aliphatic carbocycles. The van der Waals surface area contributed by atoms with E-state index in [1.807, 2.05) is 37.3 Å². The third kappa shape index (κ3) is 3.10. The summed E-state index contributed by atoms with van der Waals surface area (Å²) in [6.45, 7) is 2.62. The number of aromatic carboxylic acids is 1. The molecular formula is C19H17N3O3. The smallest absolute Gasteiger partial charge is 0.337 e. The lowest BCUT2D eigenvalue weighted by atomic mass is 9.88. The molecule has 0 aromatic heterocycles. The molecule has 6 nitrogen and oxygen atoms in total. The van der Waals surface area contributed by atoms with Crippen molar-refractivity contribution in [2.45, 2.75) is 12.5 Å². The summed E-state index contributed by atoms with van der Waals surface area (Å²) >= 11 is 0.